The highest BCUT2D eigenvalue weighted by atomic mass is 19.1. The van der Waals surface area contributed by atoms with Crippen LogP contribution in [-0.2, 0) is 4.79 Å². The van der Waals surface area contributed by atoms with Crippen LogP contribution in [0.1, 0.15) is 20.3 Å². The molecule has 1 rings (SSSR count). The molecule has 18 heavy (non-hydrogen) atoms. The van der Waals surface area contributed by atoms with Crippen molar-refractivity contribution >= 4 is 5.91 Å². The minimum atomic E-state index is -0.956. The van der Waals surface area contributed by atoms with Crippen LogP contribution < -0.4 is 15.8 Å². The van der Waals surface area contributed by atoms with Crippen molar-refractivity contribution < 1.29 is 13.9 Å². The second-order valence-corrected chi connectivity index (χ2v) is 4.37. The van der Waals surface area contributed by atoms with Gasteiger partial charge in [-0.25, -0.2) is 4.39 Å². The summed E-state index contributed by atoms with van der Waals surface area (Å²) in [6.45, 7) is 4.38. The number of rotatable bonds is 7. The van der Waals surface area contributed by atoms with E-state index in [1.165, 1.54) is 12.1 Å². The van der Waals surface area contributed by atoms with Crippen LogP contribution in [0.2, 0.25) is 0 Å². The van der Waals surface area contributed by atoms with E-state index >= 15 is 0 Å². The third kappa shape index (κ3) is 4.00. The minimum absolute atomic E-state index is 0.0613. The molecule has 0 bridgehead atoms. The molecule has 5 heteroatoms. The number of benzene rings is 1. The first-order chi connectivity index (χ1) is 8.48. The number of nitrogens with two attached hydrogens (primary N) is 1. The van der Waals surface area contributed by atoms with Crippen molar-refractivity contribution in [2.75, 3.05) is 13.2 Å². The first-order valence-corrected chi connectivity index (χ1v) is 5.91. The molecule has 0 aromatic heterocycles. The van der Waals surface area contributed by atoms with E-state index in [1.807, 2.05) is 6.92 Å². The summed E-state index contributed by atoms with van der Waals surface area (Å²) in [7, 11) is 0. The highest BCUT2D eigenvalue weighted by molar-refractivity contribution is 5.84. The fourth-order valence-corrected chi connectivity index (χ4v) is 1.39. The van der Waals surface area contributed by atoms with Crippen molar-refractivity contribution in [2.24, 2.45) is 5.73 Å². The number of halogens is 1. The predicted octanol–water partition coefficient (Wildman–Crippen LogP) is 1.45. The van der Waals surface area contributed by atoms with Crippen LogP contribution in [0.5, 0.6) is 5.75 Å². The van der Waals surface area contributed by atoms with E-state index in [-0.39, 0.29) is 12.4 Å². The molecular formula is C13H19FN2O2. The fraction of sp³-hybridized carbons (Fsp3) is 0.462. The van der Waals surface area contributed by atoms with E-state index < -0.39 is 11.4 Å². The van der Waals surface area contributed by atoms with Gasteiger partial charge in [-0.1, -0.05) is 13.0 Å². The molecule has 1 unspecified atom stereocenters. The average Bonchev–Trinajstić information content (AvgIpc) is 2.34. The standard InChI is InChI=1S/C13H19FN2O2/c1-3-7-16-13(2,12(15)17)9-18-11-6-4-5-10(14)8-11/h4-6,8,16H,3,7,9H2,1-2H3,(H2,15,17). The maximum atomic E-state index is 13.0. The van der Waals surface area contributed by atoms with Gasteiger partial charge in [-0.05, 0) is 32.0 Å². The van der Waals surface area contributed by atoms with Gasteiger partial charge in [0.25, 0.3) is 0 Å². The van der Waals surface area contributed by atoms with E-state index in [2.05, 4.69) is 5.32 Å². The quantitative estimate of drug-likeness (QED) is 0.774. The summed E-state index contributed by atoms with van der Waals surface area (Å²) in [6, 6.07) is 5.77. The van der Waals surface area contributed by atoms with Crippen molar-refractivity contribution in [1.82, 2.24) is 5.32 Å². The van der Waals surface area contributed by atoms with Crippen LogP contribution in [0.25, 0.3) is 0 Å². The lowest BCUT2D eigenvalue weighted by Crippen LogP contribution is -2.57. The number of carbonyl (C=O) groups is 1. The summed E-state index contributed by atoms with van der Waals surface area (Å²) in [5.41, 5.74) is 4.39. The van der Waals surface area contributed by atoms with E-state index in [0.717, 1.165) is 6.42 Å². The summed E-state index contributed by atoms with van der Waals surface area (Å²) in [4.78, 5) is 11.4. The zero-order chi connectivity index (χ0) is 13.6. The van der Waals surface area contributed by atoms with Crippen LogP contribution in [-0.4, -0.2) is 24.6 Å². The number of carbonyl (C=O) groups excluding carboxylic acids is 1. The molecular weight excluding hydrogens is 235 g/mol. The minimum Gasteiger partial charge on any atom is -0.491 e. The maximum Gasteiger partial charge on any atom is 0.240 e. The summed E-state index contributed by atoms with van der Waals surface area (Å²) >= 11 is 0. The Hall–Kier alpha value is -1.62. The Kier molecular flexibility index (Phi) is 5.09. The Morgan fingerprint density at radius 3 is 2.83 bits per heavy atom. The lowest BCUT2D eigenvalue weighted by Gasteiger charge is -2.27. The third-order valence-electron chi connectivity index (χ3n) is 2.63. The molecule has 3 N–H and O–H groups in total. The van der Waals surface area contributed by atoms with Gasteiger partial charge in [0.2, 0.25) is 5.91 Å². The molecule has 100 valence electrons. The number of amides is 1. The molecule has 1 aromatic rings. The van der Waals surface area contributed by atoms with Crippen LogP contribution >= 0.6 is 0 Å². The van der Waals surface area contributed by atoms with Crippen LogP contribution in [0, 0.1) is 5.82 Å². The highest BCUT2D eigenvalue weighted by Gasteiger charge is 2.31. The van der Waals surface area contributed by atoms with Crippen molar-refractivity contribution in [1.29, 1.82) is 0 Å². The maximum absolute atomic E-state index is 13.0. The number of ether oxygens (including phenoxy) is 1. The fourth-order valence-electron chi connectivity index (χ4n) is 1.39. The largest absolute Gasteiger partial charge is 0.491 e. The van der Waals surface area contributed by atoms with E-state index in [0.29, 0.717) is 12.3 Å². The summed E-state index contributed by atoms with van der Waals surface area (Å²) in [6.07, 6.45) is 0.878. The normalized spacial score (nSPS) is 13.9. The summed E-state index contributed by atoms with van der Waals surface area (Å²) in [5.74, 6) is -0.497. The molecule has 0 aliphatic heterocycles. The average molecular weight is 254 g/mol. The molecule has 1 amide bonds. The van der Waals surface area contributed by atoms with E-state index in [4.69, 9.17) is 10.5 Å². The third-order valence-corrected chi connectivity index (χ3v) is 2.63. The zero-order valence-corrected chi connectivity index (χ0v) is 10.7. The first-order valence-electron chi connectivity index (χ1n) is 5.91. The Labute approximate surface area is 106 Å². The smallest absolute Gasteiger partial charge is 0.240 e. The Morgan fingerprint density at radius 1 is 1.56 bits per heavy atom. The lowest BCUT2D eigenvalue weighted by molar-refractivity contribution is -0.125. The van der Waals surface area contributed by atoms with Crippen molar-refractivity contribution in [3.63, 3.8) is 0 Å². The SMILES string of the molecule is CCCNC(C)(COc1cccc(F)c1)C(N)=O. The van der Waals surface area contributed by atoms with Gasteiger partial charge in [0.05, 0.1) is 0 Å². The van der Waals surface area contributed by atoms with Gasteiger partial charge in [0.15, 0.2) is 0 Å². The monoisotopic (exact) mass is 254 g/mol. The second kappa shape index (κ2) is 6.35. The van der Waals surface area contributed by atoms with Crippen LogP contribution in [0.4, 0.5) is 4.39 Å². The van der Waals surface area contributed by atoms with Gasteiger partial charge in [0, 0.05) is 6.07 Å². The lowest BCUT2D eigenvalue weighted by atomic mass is 10.0. The topological polar surface area (TPSA) is 64.3 Å². The number of hydrogen-bond donors (Lipinski definition) is 2. The molecule has 1 aromatic carbocycles. The molecule has 0 saturated carbocycles. The van der Waals surface area contributed by atoms with Crippen LogP contribution in [0.3, 0.4) is 0 Å². The second-order valence-electron chi connectivity index (χ2n) is 4.37. The van der Waals surface area contributed by atoms with Gasteiger partial charge in [-0.3, -0.25) is 4.79 Å². The summed E-state index contributed by atoms with van der Waals surface area (Å²) < 4.78 is 18.4. The first kappa shape index (κ1) is 14.4. The van der Waals surface area contributed by atoms with Gasteiger partial charge in [0.1, 0.15) is 23.7 Å². The molecule has 0 spiro atoms. The number of hydrogen-bond acceptors (Lipinski definition) is 3. The zero-order valence-electron chi connectivity index (χ0n) is 10.7. The molecule has 0 saturated heterocycles. The van der Waals surface area contributed by atoms with Gasteiger partial charge < -0.3 is 15.8 Å². The van der Waals surface area contributed by atoms with Gasteiger partial charge in [-0.15, -0.1) is 0 Å². The molecule has 0 heterocycles. The molecule has 0 radical (unpaired) electrons. The molecule has 1 atom stereocenters. The Balaban J connectivity index is 2.65. The number of primary amides is 1. The summed E-state index contributed by atoms with van der Waals surface area (Å²) in [5, 5.41) is 3.04. The predicted molar refractivity (Wildman–Crippen MR) is 67.8 cm³/mol. The van der Waals surface area contributed by atoms with Gasteiger partial charge in [-0.2, -0.15) is 0 Å². The van der Waals surface area contributed by atoms with Crippen molar-refractivity contribution in [3.05, 3.63) is 30.1 Å². The highest BCUT2D eigenvalue weighted by Crippen LogP contribution is 2.14. The molecule has 4 nitrogen and oxygen atoms in total. The van der Waals surface area contributed by atoms with E-state index in [1.54, 1.807) is 19.1 Å². The molecule has 0 aliphatic rings. The van der Waals surface area contributed by atoms with Crippen molar-refractivity contribution in [3.8, 4) is 5.75 Å². The number of nitrogens with one attached hydrogen (secondary N) is 1. The van der Waals surface area contributed by atoms with Gasteiger partial charge >= 0.3 is 0 Å². The van der Waals surface area contributed by atoms with Crippen LogP contribution in [0.15, 0.2) is 24.3 Å². The van der Waals surface area contributed by atoms with Crippen molar-refractivity contribution in [2.45, 2.75) is 25.8 Å². The molecule has 0 fully saturated rings. The Bertz CT molecular complexity index is 412. The molecule has 0 aliphatic carbocycles. The Morgan fingerprint density at radius 2 is 2.28 bits per heavy atom. The van der Waals surface area contributed by atoms with E-state index in [9.17, 15) is 9.18 Å².